The number of para-hydroxylation sites is 3. The molecule has 0 bridgehead atoms. The summed E-state index contributed by atoms with van der Waals surface area (Å²) < 4.78 is 13.5. The number of hydrogen-bond acceptors (Lipinski definition) is 3. The minimum absolute atomic E-state index is 0.896. The first-order valence-corrected chi connectivity index (χ1v) is 21.1. The zero-order valence-corrected chi connectivity index (χ0v) is 31.5. The summed E-state index contributed by atoms with van der Waals surface area (Å²) in [6.45, 7) is 0. The van der Waals surface area contributed by atoms with E-state index in [-0.39, 0.29) is 0 Å². The lowest BCUT2D eigenvalue weighted by Crippen LogP contribution is -2.77. The van der Waals surface area contributed by atoms with E-state index in [0.29, 0.717) is 0 Å². The molecule has 0 saturated heterocycles. The van der Waals surface area contributed by atoms with Crippen LogP contribution in [0, 0.1) is 0 Å². The highest BCUT2D eigenvalue weighted by Gasteiger charge is 2.52. The standard InChI is InChI=1S/C52H35NO2Si/c1-2-14-36(15-3-1)37-28-31-41(32-29-37)53(44-21-13-17-38-16-4-5-20-43(38)44)42-19-12-18-39(34-42)40-30-33-52-48(35-40)55-47-24-8-11-27-51(47)56(52)49-25-9-6-22-45(49)54-46-23-7-10-26-50(46)56/h1-35H. The van der Waals surface area contributed by atoms with E-state index in [1.807, 2.05) is 0 Å². The van der Waals surface area contributed by atoms with Crippen molar-refractivity contribution in [3.05, 3.63) is 212 Å². The average Bonchev–Trinajstić information content (AvgIpc) is 3.27. The number of benzene rings is 9. The van der Waals surface area contributed by atoms with Gasteiger partial charge in [0.2, 0.25) is 0 Å². The molecule has 0 N–H and O–H groups in total. The molecule has 264 valence electrons. The van der Waals surface area contributed by atoms with Gasteiger partial charge < -0.3 is 14.4 Å². The van der Waals surface area contributed by atoms with Gasteiger partial charge in [0, 0.05) is 16.8 Å². The maximum absolute atomic E-state index is 6.89. The van der Waals surface area contributed by atoms with Gasteiger partial charge in [-0.1, -0.05) is 158 Å². The highest BCUT2D eigenvalue weighted by atomic mass is 28.3. The normalized spacial score (nSPS) is 13.1. The summed E-state index contributed by atoms with van der Waals surface area (Å²) in [6.07, 6.45) is 0. The van der Waals surface area contributed by atoms with Crippen LogP contribution >= 0.6 is 0 Å². The first-order valence-electron chi connectivity index (χ1n) is 19.1. The number of nitrogens with zero attached hydrogens (tertiary/aromatic N) is 1. The molecule has 0 radical (unpaired) electrons. The highest BCUT2D eigenvalue weighted by molar-refractivity contribution is 7.21. The Morgan fingerprint density at radius 2 is 0.821 bits per heavy atom. The molecular weight excluding hydrogens is 699 g/mol. The van der Waals surface area contributed by atoms with Crippen LogP contribution in [0.4, 0.5) is 17.1 Å². The third-order valence-electron chi connectivity index (χ3n) is 11.4. The summed E-state index contributed by atoms with van der Waals surface area (Å²) in [7, 11) is -2.81. The van der Waals surface area contributed by atoms with E-state index < -0.39 is 8.07 Å². The summed E-state index contributed by atoms with van der Waals surface area (Å²) in [5.41, 5.74) is 7.90. The molecule has 9 aromatic rings. The third-order valence-corrected chi connectivity index (χ3v) is 16.3. The van der Waals surface area contributed by atoms with Crippen LogP contribution in [0.15, 0.2) is 212 Å². The number of anilines is 3. The molecule has 11 rings (SSSR count). The Bertz CT molecular complexity index is 2870. The van der Waals surface area contributed by atoms with Gasteiger partial charge >= 0.3 is 0 Å². The van der Waals surface area contributed by atoms with Crippen LogP contribution in [0.1, 0.15) is 0 Å². The van der Waals surface area contributed by atoms with Crippen LogP contribution in [0.25, 0.3) is 33.0 Å². The predicted molar refractivity (Wildman–Crippen MR) is 233 cm³/mol. The van der Waals surface area contributed by atoms with Crippen molar-refractivity contribution < 1.29 is 9.47 Å². The van der Waals surface area contributed by atoms with Crippen molar-refractivity contribution >= 4 is 56.7 Å². The minimum Gasteiger partial charge on any atom is -0.458 e. The summed E-state index contributed by atoms with van der Waals surface area (Å²) in [6, 6.07) is 76.1. The van der Waals surface area contributed by atoms with Crippen molar-refractivity contribution in [2.24, 2.45) is 0 Å². The molecule has 56 heavy (non-hydrogen) atoms. The highest BCUT2D eigenvalue weighted by Crippen LogP contribution is 2.42. The van der Waals surface area contributed by atoms with Crippen molar-refractivity contribution in [2.75, 3.05) is 4.90 Å². The van der Waals surface area contributed by atoms with Crippen molar-refractivity contribution in [2.45, 2.75) is 0 Å². The van der Waals surface area contributed by atoms with Crippen LogP contribution in [0.2, 0.25) is 0 Å². The van der Waals surface area contributed by atoms with Crippen LogP contribution in [0.3, 0.4) is 0 Å². The van der Waals surface area contributed by atoms with Crippen LogP contribution in [-0.4, -0.2) is 8.07 Å². The van der Waals surface area contributed by atoms with Crippen molar-refractivity contribution in [1.82, 2.24) is 0 Å². The maximum atomic E-state index is 6.89. The van der Waals surface area contributed by atoms with Crippen molar-refractivity contribution in [3.63, 3.8) is 0 Å². The Hall–Kier alpha value is -7.14. The van der Waals surface area contributed by atoms with Gasteiger partial charge in [0.1, 0.15) is 23.0 Å². The molecule has 0 saturated carbocycles. The Morgan fingerprint density at radius 1 is 0.321 bits per heavy atom. The molecule has 2 aliphatic rings. The lowest BCUT2D eigenvalue weighted by Gasteiger charge is -2.43. The summed E-state index contributed by atoms with van der Waals surface area (Å²) in [5.74, 6) is 3.64. The van der Waals surface area contributed by atoms with Crippen LogP contribution in [-0.2, 0) is 0 Å². The summed E-state index contributed by atoms with van der Waals surface area (Å²) in [5, 5.41) is 7.36. The Morgan fingerprint density at radius 3 is 1.54 bits per heavy atom. The second kappa shape index (κ2) is 13.0. The van der Waals surface area contributed by atoms with Gasteiger partial charge in [-0.05, 0) is 103 Å². The largest absolute Gasteiger partial charge is 0.458 e. The summed E-state index contributed by atoms with van der Waals surface area (Å²) >= 11 is 0. The smallest absolute Gasteiger partial charge is 0.196 e. The molecule has 0 fully saturated rings. The van der Waals surface area contributed by atoms with E-state index in [1.54, 1.807) is 0 Å². The van der Waals surface area contributed by atoms with Gasteiger partial charge in [0.25, 0.3) is 0 Å². The molecule has 2 aliphatic heterocycles. The van der Waals surface area contributed by atoms with E-state index in [0.717, 1.165) is 51.2 Å². The molecule has 0 amide bonds. The van der Waals surface area contributed by atoms with E-state index in [2.05, 4.69) is 217 Å². The second-order valence-corrected chi connectivity index (χ2v) is 18.1. The Labute approximate surface area is 327 Å². The molecular formula is C52H35NO2Si. The zero-order chi connectivity index (χ0) is 37.1. The quantitative estimate of drug-likeness (QED) is 0.164. The van der Waals surface area contributed by atoms with Gasteiger partial charge in [0.05, 0.1) is 5.69 Å². The van der Waals surface area contributed by atoms with E-state index in [1.165, 1.54) is 42.6 Å². The van der Waals surface area contributed by atoms with Gasteiger partial charge in [-0.3, -0.25) is 0 Å². The molecule has 9 aromatic carbocycles. The van der Waals surface area contributed by atoms with Gasteiger partial charge in [-0.2, -0.15) is 0 Å². The average molecular weight is 734 g/mol. The molecule has 2 heterocycles. The number of rotatable bonds is 5. The van der Waals surface area contributed by atoms with Crippen molar-refractivity contribution in [3.8, 4) is 45.3 Å². The molecule has 0 unspecified atom stereocenters. The fourth-order valence-electron chi connectivity index (χ4n) is 8.89. The van der Waals surface area contributed by atoms with E-state index in [9.17, 15) is 0 Å². The SMILES string of the molecule is c1ccc(-c2ccc(N(c3cccc(-c4ccc5c(c4)Oc4ccccc4[Si]54c5ccccc5Oc5ccccc54)c3)c3cccc4ccccc34)cc2)cc1. The summed E-state index contributed by atoms with van der Waals surface area (Å²) in [4.78, 5) is 2.38. The fourth-order valence-corrected chi connectivity index (χ4v) is 14.0. The molecule has 0 aromatic heterocycles. The van der Waals surface area contributed by atoms with E-state index in [4.69, 9.17) is 9.47 Å². The first-order chi connectivity index (χ1) is 27.8. The molecule has 4 heteroatoms. The van der Waals surface area contributed by atoms with Crippen molar-refractivity contribution in [1.29, 1.82) is 0 Å². The molecule has 0 aliphatic carbocycles. The van der Waals surface area contributed by atoms with Crippen LogP contribution in [0.5, 0.6) is 23.0 Å². The minimum atomic E-state index is -2.81. The van der Waals surface area contributed by atoms with Gasteiger partial charge in [-0.15, -0.1) is 0 Å². The monoisotopic (exact) mass is 733 g/mol. The lowest BCUT2D eigenvalue weighted by atomic mass is 10.0. The Kier molecular flexibility index (Phi) is 7.51. The number of ether oxygens (including phenoxy) is 2. The molecule has 1 spiro atoms. The zero-order valence-electron chi connectivity index (χ0n) is 30.5. The number of fused-ring (bicyclic) bond motifs is 9. The first kappa shape index (κ1) is 32.3. The second-order valence-electron chi connectivity index (χ2n) is 14.5. The fraction of sp³-hybridized carbons (Fsp3) is 0. The lowest BCUT2D eigenvalue weighted by molar-refractivity contribution is 0.482. The van der Waals surface area contributed by atoms with Gasteiger partial charge in [0.15, 0.2) is 8.07 Å². The molecule has 3 nitrogen and oxygen atoms in total. The van der Waals surface area contributed by atoms with Gasteiger partial charge in [-0.25, -0.2) is 0 Å². The Balaban J connectivity index is 1.07. The topological polar surface area (TPSA) is 21.7 Å². The predicted octanol–water partition coefficient (Wildman–Crippen LogP) is 11.2. The third kappa shape index (κ3) is 5.04. The van der Waals surface area contributed by atoms with E-state index >= 15 is 0 Å². The number of hydrogen-bond donors (Lipinski definition) is 0. The van der Waals surface area contributed by atoms with Crippen LogP contribution < -0.4 is 35.1 Å². The maximum Gasteiger partial charge on any atom is 0.196 e. The molecule has 0 atom stereocenters.